The van der Waals surface area contributed by atoms with Gasteiger partial charge < -0.3 is 15.5 Å². The van der Waals surface area contributed by atoms with Gasteiger partial charge in [-0.3, -0.25) is 4.79 Å². The van der Waals surface area contributed by atoms with Crippen LogP contribution in [0.4, 0.5) is 5.69 Å². The third-order valence-electron chi connectivity index (χ3n) is 2.13. The van der Waals surface area contributed by atoms with Crippen molar-refractivity contribution in [3.8, 4) is 0 Å². The van der Waals surface area contributed by atoms with Crippen LogP contribution >= 0.6 is 31.9 Å². The fraction of sp³-hybridized carbons (Fsp3) is 0.300. The molecule has 0 radical (unpaired) electrons. The third-order valence-corrected chi connectivity index (χ3v) is 3.21. The van der Waals surface area contributed by atoms with Crippen LogP contribution in [0.5, 0.6) is 0 Å². The maximum Gasteiger partial charge on any atom is 0.256 e. The lowest BCUT2D eigenvalue weighted by Crippen LogP contribution is -2.33. The summed E-state index contributed by atoms with van der Waals surface area (Å²) in [6, 6.07) is 3.49. The number of nitrogens with zero attached hydrogens (tertiary/aromatic N) is 3. The molecule has 1 aromatic carbocycles. The number of rotatable bonds is 5. The minimum atomic E-state index is -0.731. The van der Waals surface area contributed by atoms with E-state index in [1.165, 1.54) is 0 Å². The summed E-state index contributed by atoms with van der Waals surface area (Å²) in [5, 5.41) is 8.42. The maximum atomic E-state index is 12.1. The van der Waals surface area contributed by atoms with Crippen molar-refractivity contribution in [3.05, 3.63) is 37.1 Å². The summed E-state index contributed by atoms with van der Waals surface area (Å²) < 4.78 is 1.50. The third kappa shape index (κ3) is 4.30. The highest BCUT2D eigenvalue weighted by Gasteiger charge is 2.16. The van der Waals surface area contributed by atoms with Gasteiger partial charge in [-0.05, 0) is 40.5 Å². The number of benzene rings is 1. The number of hydrogen-bond donors (Lipinski definition) is 2. The van der Waals surface area contributed by atoms with Gasteiger partial charge in [0.05, 0.1) is 11.3 Å². The largest absolute Gasteiger partial charge is 0.409 e. The molecule has 0 aliphatic heterocycles. The van der Waals surface area contributed by atoms with E-state index in [0.29, 0.717) is 11.3 Å². The van der Waals surface area contributed by atoms with Crippen LogP contribution in [-0.2, 0) is 4.84 Å². The Balaban J connectivity index is 2.96. The van der Waals surface area contributed by atoms with Crippen LogP contribution in [0.1, 0.15) is 17.3 Å². The molecule has 0 fully saturated rings. The Morgan fingerprint density at radius 1 is 1.53 bits per heavy atom. The fourth-order valence-corrected chi connectivity index (χ4v) is 2.81. The predicted octanol–water partition coefficient (Wildman–Crippen LogP) is 3.57. The Morgan fingerprint density at radius 2 is 2.21 bits per heavy atom. The predicted molar refractivity (Wildman–Crippen MR) is 78.5 cm³/mol. The lowest BCUT2D eigenvalue weighted by atomic mass is 10.1. The minimum absolute atomic E-state index is 0.355. The summed E-state index contributed by atoms with van der Waals surface area (Å²) in [6.07, 6.45) is -0.731. The SMILES string of the molecule is CNc1c(Br)cc(Br)cc1C(=O)NC(C)ON=[N+]=[N-]. The zero-order chi connectivity index (χ0) is 14.4. The lowest BCUT2D eigenvalue weighted by Gasteiger charge is -2.15. The van der Waals surface area contributed by atoms with E-state index >= 15 is 0 Å². The van der Waals surface area contributed by atoms with Crippen molar-refractivity contribution in [2.75, 3.05) is 12.4 Å². The van der Waals surface area contributed by atoms with Crippen LogP contribution in [0.2, 0.25) is 0 Å². The van der Waals surface area contributed by atoms with Crippen LogP contribution in [0.15, 0.2) is 26.4 Å². The normalized spacial score (nSPS) is 11.2. The van der Waals surface area contributed by atoms with Crippen LogP contribution in [0.3, 0.4) is 0 Å². The summed E-state index contributed by atoms with van der Waals surface area (Å²) >= 11 is 6.68. The standard InChI is InChI=1S/C10H11Br2N5O2/c1-5(19-17-16-13)15-10(18)7-3-6(11)4-8(12)9(7)14-2/h3-5,14H,1-2H3,(H,15,18). The van der Waals surface area contributed by atoms with E-state index in [4.69, 9.17) is 5.53 Å². The van der Waals surface area contributed by atoms with Gasteiger partial charge in [0, 0.05) is 20.9 Å². The van der Waals surface area contributed by atoms with Crippen molar-refractivity contribution in [3.63, 3.8) is 0 Å². The molecule has 19 heavy (non-hydrogen) atoms. The topological polar surface area (TPSA) is 99.1 Å². The molecule has 2 N–H and O–H groups in total. The summed E-state index contributed by atoms with van der Waals surface area (Å²) in [5.74, 6) is -0.355. The number of hydrogen-bond acceptors (Lipinski definition) is 4. The number of carbonyl (C=O) groups is 1. The van der Waals surface area contributed by atoms with Crippen LogP contribution < -0.4 is 10.6 Å². The van der Waals surface area contributed by atoms with Gasteiger partial charge in [0.25, 0.3) is 5.91 Å². The summed E-state index contributed by atoms with van der Waals surface area (Å²) in [5.41, 5.74) is 9.20. The summed E-state index contributed by atoms with van der Waals surface area (Å²) in [7, 11) is 1.71. The zero-order valence-electron chi connectivity index (χ0n) is 10.1. The number of amides is 1. The van der Waals surface area contributed by atoms with Gasteiger partial charge in [-0.15, -0.1) is 0 Å². The molecular formula is C10H11Br2N5O2. The van der Waals surface area contributed by atoms with Gasteiger partial charge in [0.1, 0.15) is 5.28 Å². The van der Waals surface area contributed by atoms with Crippen molar-refractivity contribution in [1.29, 1.82) is 0 Å². The Kier molecular flexibility index (Phi) is 5.94. The van der Waals surface area contributed by atoms with Crippen molar-refractivity contribution < 1.29 is 9.63 Å². The highest BCUT2D eigenvalue weighted by molar-refractivity contribution is 9.11. The minimum Gasteiger partial charge on any atom is -0.409 e. The molecule has 0 spiro atoms. The quantitative estimate of drug-likeness (QED) is 0.263. The highest BCUT2D eigenvalue weighted by atomic mass is 79.9. The Morgan fingerprint density at radius 3 is 2.79 bits per heavy atom. The first kappa shape index (κ1) is 15.6. The van der Waals surface area contributed by atoms with Gasteiger partial charge in [-0.25, -0.2) is 0 Å². The molecule has 7 nitrogen and oxygen atoms in total. The Hall–Kier alpha value is -1.44. The second-order valence-electron chi connectivity index (χ2n) is 3.45. The average Bonchev–Trinajstić information content (AvgIpc) is 2.35. The molecule has 1 unspecified atom stereocenters. The van der Waals surface area contributed by atoms with E-state index in [0.717, 1.165) is 8.95 Å². The Labute approximate surface area is 126 Å². The van der Waals surface area contributed by atoms with Crippen molar-refractivity contribution >= 4 is 43.5 Å². The highest BCUT2D eigenvalue weighted by Crippen LogP contribution is 2.30. The molecule has 0 bridgehead atoms. The molecule has 0 heterocycles. The fourth-order valence-electron chi connectivity index (χ4n) is 1.39. The van der Waals surface area contributed by atoms with Gasteiger partial charge in [-0.2, -0.15) is 0 Å². The first-order valence-electron chi connectivity index (χ1n) is 5.17. The monoisotopic (exact) mass is 391 g/mol. The van der Waals surface area contributed by atoms with E-state index in [2.05, 4.69) is 57.5 Å². The van der Waals surface area contributed by atoms with Crippen LogP contribution in [-0.4, -0.2) is 19.2 Å². The van der Waals surface area contributed by atoms with Crippen LogP contribution in [0.25, 0.3) is 10.4 Å². The maximum absolute atomic E-state index is 12.1. The van der Waals surface area contributed by atoms with Gasteiger partial charge in [-0.1, -0.05) is 15.9 Å². The van der Waals surface area contributed by atoms with Gasteiger partial charge in [0.15, 0.2) is 6.23 Å². The smallest absolute Gasteiger partial charge is 0.256 e. The first-order chi connectivity index (χ1) is 8.99. The number of carbonyl (C=O) groups excluding carboxylic acids is 1. The molecule has 1 amide bonds. The summed E-state index contributed by atoms with van der Waals surface area (Å²) in [6.45, 7) is 1.55. The molecule has 9 heteroatoms. The van der Waals surface area contributed by atoms with E-state index in [1.54, 1.807) is 20.0 Å². The second kappa shape index (κ2) is 7.22. The number of nitrogens with one attached hydrogen (secondary N) is 2. The second-order valence-corrected chi connectivity index (χ2v) is 5.22. The van der Waals surface area contributed by atoms with E-state index < -0.39 is 6.23 Å². The molecule has 0 aliphatic carbocycles. The summed E-state index contributed by atoms with van der Waals surface area (Å²) in [4.78, 5) is 19.2. The van der Waals surface area contributed by atoms with Gasteiger partial charge in [0.2, 0.25) is 0 Å². The molecular weight excluding hydrogens is 382 g/mol. The molecule has 1 atom stereocenters. The van der Waals surface area contributed by atoms with E-state index in [9.17, 15) is 4.79 Å². The van der Waals surface area contributed by atoms with E-state index in [1.807, 2.05) is 6.07 Å². The van der Waals surface area contributed by atoms with Gasteiger partial charge >= 0.3 is 0 Å². The molecule has 0 aromatic heterocycles. The number of halogens is 2. The van der Waals surface area contributed by atoms with Crippen molar-refractivity contribution in [1.82, 2.24) is 5.32 Å². The van der Waals surface area contributed by atoms with Crippen molar-refractivity contribution in [2.45, 2.75) is 13.2 Å². The van der Waals surface area contributed by atoms with Crippen molar-refractivity contribution in [2.24, 2.45) is 5.28 Å². The molecule has 0 saturated heterocycles. The number of anilines is 1. The first-order valence-corrected chi connectivity index (χ1v) is 6.76. The average molecular weight is 393 g/mol. The van der Waals surface area contributed by atoms with Crippen LogP contribution in [0, 0.1) is 0 Å². The molecule has 0 saturated carbocycles. The molecule has 1 rings (SSSR count). The molecule has 1 aromatic rings. The van der Waals surface area contributed by atoms with E-state index in [-0.39, 0.29) is 5.91 Å². The zero-order valence-corrected chi connectivity index (χ0v) is 13.3. The molecule has 0 aliphatic rings. The Bertz CT molecular complexity index is 531. The number of azide groups is 1. The lowest BCUT2D eigenvalue weighted by molar-refractivity contribution is 0.0388. The molecule has 102 valence electrons.